The van der Waals surface area contributed by atoms with Gasteiger partial charge in [0.25, 0.3) is 15.9 Å². The Labute approximate surface area is 250 Å². The molecule has 0 bridgehead atoms. The predicted octanol–water partition coefficient (Wildman–Crippen LogP) is 4.39. The first-order chi connectivity index (χ1) is 20.4. The summed E-state index contributed by atoms with van der Waals surface area (Å²) >= 11 is 0. The maximum absolute atomic E-state index is 13.6. The van der Waals surface area contributed by atoms with E-state index in [1.54, 1.807) is 19.9 Å². The second kappa shape index (κ2) is 12.1. The molecule has 4 aromatic rings. The van der Waals surface area contributed by atoms with Gasteiger partial charge in [-0.15, -0.1) is 0 Å². The molecule has 11 nitrogen and oxygen atoms in total. The molecule has 0 fully saturated rings. The van der Waals surface area contributed by atoms with Crippen molar-refractivity contribution >= 4 is 44.4 Å². The van der Waals surface area contributed by atoms with Crippen LogP contribution in [0.3, 0.4) is 0 Å². The molecule has 1 amide bonds. The molecule has 1 aliphatic rings. The number of anilines is 2. The molecule has 5 rings (SSSR count). The van der Waals surface area contributed by atoms with Crippen LogP contribution in [0.15, 0.2) is 59.5 Å². The van der Waals surface area contributed by atoms with E-state index in [0.29, 0.717) is 52.5 Å². The molecule has 0 spiro atoms. The van der Waals surface area contributed by atoms with Gasteiger partial charge in [0, 0.05) is 59.3 Å². The average molecular weight is 603 g/mol. The Morgan fingerprint density at radius 2 is 1.63 bits per heavy atom. The molecule has 0 aliphatic carbocycles. The number of rotatable bonds is 8. The van der Waals surface area contributed by atoms with E-state index < -0.39 is 28.0 Å². The largest absolute Gasteiger partial charge is 0.449 e. The first-order valence-corrected chi connectivity index (χ1v) is 15.5. The third-order valence-corrected chi connectivity index (χ3v) is 8.65. The van der Waals surface area contributed by atoms with Crippen LogP contribution in [0.5, 0.6) is 0 Å². The number of pyridine rings is 1. The quantitative estimate of drug-likeness (QED) is 0.281. The van der Waals surface area contributed by atoms with E-state index in [1.807, 2.05) is 24.3 Å². The summed E-state index contributed by atoms with van der Waals surface area (Å²) in [6.45, 7) is 10.6. The van der Waals surface area contributed by atoms with Gasteiger partial charge in [0.15, 0.2) is 6.10 Å². The van der Waals surface area contributed by atoms with Crippen molar-refractivity contribution in [1.82, 2.24) is 19.9 Å². The number of aromatic nitrogens is 3. The number of nitrogens with one attached hydrogen (secondary N) is 2. The maximum atomic E-state index is 13.6. The zero-order valence-electron chi connectivity index (χ0n) is 24.7. The Kier molecular flexibility index (Phi) is 8.43. The normalized spacial score (nSPS) is 14.3. The minimum absolute atomic E-state index is 0.0225. The predicted molar refractivity (Wildman–Crippen MR) is 163 cm³/mol. The van der Waals surface area contributed by atoms with Crippen molar-refractivity contribution in [2.24, 2.45) is 0 Å². The lowest BCUT2D eigenvalue weighted by atomic mass is 9.95. The Morgan fingerprint density at radius 3 is 2.30 bits per heavy atom. The average Bonchev–Trinajstić information content (AvgIpc) is 2.94. The number of aryl methyl sites for hydroxylation is 2. The van der Waals surface area contributed by atoms with Crippen LogP contribution in [0.2, 0.25) is 0 Å². The van der Waals surface area contributed by atoms with Crippen molar-refractivity contribution < 1.29 is 22.7 Å². The fourth-order valence-electron chi connectivity index (χ4n) is 5.07. The molecule has 2 N–H and O–H groups in total. The molecular weight excluding hydrogens is 568 g/mol. The third kappa shape index (κ3) is 6.65. The molecule has 3 heterocycles. The van der Waals surface area contributed by atoms with Crippen molar-refractivity contribution in [2.45, 2.75) is 64.6 Å². The number of carbonyl (C=O) groups excluding carboxylic acids is 2. The monoisotopic (exact) mass is 602 g/mol. The number of carbonyl (C=O) groups is 2. The summed E-state index contributed by atoms with van der Waals surface area (Å²) in [6, 6.07) is 15.1. The summed E-state index contributed by atoms with van der Waals surface area (Å²) in [7, 11) is -3.96. The Balaban J connectivity index is 1.30. The number of amides is 1. The fraction of sp³-hybridized carbons (Fsp3) is 0.323. The van der Waals surface area contributed by atoms with Crippen LogP contribution in [-0.2, 0) is 32.5 Å². The molecule has 2 aromatic heterocycles. The summed E-state index contributed by atoms with van der Waals surface area (Å²) in [5.74, 6) is -1.17. The van der Waals surface area contributed by atoms with Crippen molar-refractivity contribution in [1.29, 1.82) is 0 Å². The molecule has 0 radical (unpaired) electrons. The molecule has 1 aliphatic heterocycles. The van der Waals surface area contributed by atoms with Crippen LogP contribution in [0.25, 0.3) is 10.9 Å². The van der Waals surface area contributed by atoms with Gasteiger partial charge in [-0.25, -0.2) is 27.9 Å². The van der Waals surface area contributed by atoms with Gasteiger partial charge in [-0.1, -0.05) is 18.2 Å². The van der Waals surface area contributed by atoms with Crippen LogP contribution in [0, 0.1) is 13.8 Å². The first kappa shape index (κ1) is 30.1. The van der Waals surface area contributed by atoms with Crippen molar-refractivity contribution in [3.63, 3.8) is 0 Å². The summed E-state index contributed by atoms with van der Waals surface area (Å²) < 4.78 is 33.7. The van der Waals surface area contributed by atoms with Crippen molar-refractivity contribution in [3.05, 3.63) is 82.8 Å². The number of fused-ring (bicyclic) bond motifs is 2. The van der Waals surface area contributed by atoms with E-state index in [9.17, 15) is 18.0 Å². The molecular formula is C31H34N6O5S. The summed E-state index contributed by atoms with van der Waals surface area (Å²) in [5, 5.41) is 3.37. The summed E-state index contributed by atoms with van der Waals surface area (Å²) in [5.41, 5.74) is 4.44. The SMILES string of the molecule is Cc1cc(C)nc(NS(=O)(=O)c2ccc(NC(=O)C(C)OC(=O)c3c4c(nc5ccccc35)CCN(C(C)C)C4)cc2)n1. The minimum atomic E-state index is -3.96. The molecule has 1 unspecified atom stereocenters. The smallest absolute Gasteiger partial charge is 0.339 e. The lowest BCUT2D eigenvalue weighted by Gasteiger charge is -2.32. The summed E-state index contributed by atoms with van der Waals surface area (Å²) in [6.07, 6.45) is -0.403. The van der Waals surface area contributed by atoms with E-state index in [4.69, 9.17) is 9.72 Å². The molecule has 1 atom stereocenters. The highest BCUT2D eigenvalue weighted by Crippen LogP contribution is 2.30. The highest BCUT2D eigenvalue weighted by atomic mass is 32.2. The van der Waals surface area contributed by atoms with Gasteiger partial charge in [-0.05, 0) is 71.0 Å². The standard InChI is InChI=1S/C31H34N6O5S/c1-18(2)37-15-14-27-25(17-37)28(24-8-6-7-9-26(24)35-27)30(39)42-21(5)29(38)34-22-10-12-23(13-11-22)43(40,41)36-31-32-19(3)16-20(4)33-31/h6-13,16,18,21H,14-15,17H2,1-5H3,(H,34,38)(H,32,33,36). The third-order valence-electron chi connectivity index (χ3n) is 7.30. The fourth-order valence-corrected chi connectivity index (χ4v) is 6.01. The van der Waals surface area contributed by atoms with Gasteiger partial charge < -0.3 is 10.1 Å². The Bertz CT molecular complexity index is 1790. The summed E-state index contributed by atoms with van der Waals surface area (Å²) in [4.78, 5) is 41.9. The molecule has 0 saturated carbocycles. The van der Waals surface area contributed by atoms with Crippen LogP contribution >= 0.6 is 0 Å². The van der Waals surface area contributed by atoms with Gasteiger partial charge in [-0.2, -0.15) is 0 Å². The van der Waals surface area contributed by atoms with E-state index in [0.717, 1.165) is 17.8 Å². The van der Waals surface area contributed by atoms with Crippen LogP contribution in [-0.4, -0.2) is 58.8 Å². The number of benzene rings is 2. The van der Waals surface area contributed by atoms with Gasteiger partial charge >= 0.3 is 5.97 Å². The number of sulfonamides is 1. The minimum Gasteiger partial charge on any atom is -0.449 e. The zero-order chi connectivity index (χ0) is 30.9. The van der Waals surface area contributed by atoms with Gasteiger partial charge in [-0.3, -0.25) is 14.7 Å². The van der Waals surface area contributed by atoms with Crippen LogP contribution in [0.4, 0.5) is 11.6 Å². The number of nitrogens with zero attached hydrogens (tertiary/aromatic N) is 4. The molecule has 43 heavy (non-hydrogen) atoms. The molecule has 12 heteroatoms. The van der Waals surface area contributed by atoms with E-state index >= 15 is 0 Å². The highest BCUT2D eigenvalue weighted by molar-refractivity contribution is 7.92. The highest BCUT2D eigenvalue weighted by Gasteiger charge is 2.29. The van der Waals surface area contributed by atoms with Gasteiger partial charge in [0.1, 0.15) is 0 Å². The first-order valence-electron chi connectivity index (χ1n) is 14.0. The van der Waals surface area contributed by atoms with Gasteiger partial charge in [0.2, 0.25) is 5.95 Å². The van der Waals surface area contributed by atoms with E-state index in [2.05, 4.69) is 38.8 Å². The molecule has 0 saturated heterocycles. The Hall–Kier alpha value is -4.42. The second-order valence-corrected chi connectivity index (χ2v) is 12.6. The number of para-hydroxylation sites is 1. The lowest BCUT2D eigenvalue weighted by molar-refractivity contribution is -0.123. The number of hydrogen-bond donors (Lipinski definition) is 2. The van der Waals surface area contributed by atoms with Gasteiger partial charge in [0.05, 0.1) is 16.0 Å². The van der Waals surface area contributed by atoms with E-state index in [1.165, 1.54) is 31.2 Å². The zero-order valence-corrected chi connectivity index (χ0v) is 25.5. The Morgan fingerprint density at radius 1 is 0.953 bits per heavy atom. The number of hydrogen-bond acceptors (Lipinski definition) is 9. The lowest BCUT2D eigenvalue weighted by Crippen LogP contribution is -2.37. The van der Waals surface area contributed by atoms with Crippen LogP contribution < -0.4 is 10.0 Å². The number of esters is 1. The van der Waals surface area contributed by atoms with Crippen LogP contribution in [0.1, 0.15) is 53.8 Å². The molecule has 2 aromatic carbocycles. The van der Waals surface area contributed by atoms with Crippen molar-refractivity contribution in [2.75, 3.05) is 16.6 Å². The van der Waals surface area contributed by atoms with Crippen molar-refractivity contribution in [3.8, 4) is 0 Å². The maximum Gasteiger partial charge on any atom is 0.339 e. The topological polar surface area (TPSA) is 143 Å². The molecule has 224 valence electrons. The second-order valence-electron chi connectivity index (χ2n) is 10.9. The van der Waals surface area contributed by atoms with E-state index in [-0.39, 0.29) is 10.8 Å². The number of ether oxygens (including phenoxy) is 1.